The van der Waals surface area contributed by atoms with Crippen LogP contribution in [0.5, 0.6) is 0 Å². The van der Waals surface area contributed by atoms with Crippen molar-refractivity contribution in [2.45, 2.75) is 51.1 Å². The number of hydrogen-bond donors (Lipinski definition) is 2. The lowest BCUT2D eigenvalue weighted by Crippen LogP contribution is -2.33. The van der Waals surface area contributed by atoms with E-state index in [4.69, 9.17) is 5.73 Å². The molecule has 0 aromatic heterocycles. The Balaban J connectivity index is 1.87. The molecule has 0 atom stereocenters. The van der Waals surface area contributed by atoms with Gasteiger partial charge in [0, 0.05) is 11.6 Å². The Kier molecular flexibility index (Phi) is 2.90. The summed E-state index contributed by atoms with van der Waals surface area (Å²) in [6.45, 7) is 5.32. The smallest absolute Gasteiger partial charge is 0.00975 e. The first-order chi connectivity index (χ1) is 5.08. The molecule has 0 unspecified atom stereocenters. The summed E-state index contributed by atoms with van der Waals surface area (Å²) in [7, 11) is 0. The van der Waals surface area contributed by atoms with Crippen LogP contribution in [0.4, 0.5) is 0 Å². The topological polar surface area (TPSA) is 38.0 Å². The molecule has 0 saturated heterocycles. The van der Waals surface area contributed by atoms with Crippen molar-refractivity contribution in [2.75, 3.05) is 6.54 Å². The molecule has 0 aromatic carbocycles. The average Bonchev–Trinajstić information content (AvgIpc) is 2.60. The minimum absolute atomic E-state index is 0.0191. The van der Waals surface area contributed by atoms with E-state index in [2.05, 4.69) is 19.2 Å². The van der Waals surface area contributed by atoms with Crippen LogP contribution in [0, 0.1) is 0 Å². The Morgan fingerprint density at radius 1 is 1.45 bits per heavy atom. The summed E-state index contributed by atoms with van der Waals surface area (Å²) in [6, 6.07) is 0.843. The largest absolute Gasteiger partial charge is 0.326 e. The lowest BCUT2D eigenvalue weighted by atomic mass is 10.0. The predicted octanol–water partition coefficient (Wildman–Crippen LogP) is 1.26. The van der Waals surface area contributed by atoms with Crippen LogP contribution < -0.4 is 11.1 Å². The molecular formula is C9H20N2. The second kappa shape index (κ2) is 3.55. The third-order valence-electron chi connectivity index (χ3n) is 2.01. The quantitative estimate of drug-likeness (QED) is 0.588. The van der Waals surface area contributed by atoms with Crippen LogP contribution in [-0.2, 0) is 0 Å². The highest BCUT2D eigenvalue weighted by Gasteiger charge is 2.19. The highest BCUT2D eigenvalue weighted by molar-refractivity contribution is 4.81. The van der Waals surface area contributed by atoms with E-state index < -0.39 is 0 Å². The van der Waals surface area contributed by atoms with Crippen LogP contribution in [0.25, 0.3) is 0 Å². The molecule has 11 heavy (non-hydrogen) atoms. The minimum atomic E-state index is 0.0191. The number of rotatable bonds is 5. The van der Waals surface area contributed by atoms with Crippen molar-refractivity contribution in [1.82, 2.24) is 5.32 Å². The van der Waals surface area contributed by atoms with Crippen molar-refractivity contribution >= 4 is 0 Å². The Bertz CT molecular complexity index is 111. The molecule has 0 amide bonds. The van der Waals surface area contributed by atoms with Crippen LogP contribution in [0.3, 0.4) is 0 Å². The van der Waals surface area contributed by atoms with Gasteiger partial charge in [-0.1, -0.05) is 0 Å². The first kappa shape index (κ1) is 9.01. The minimum Gasteiger partial charge on any atom is -0.326 e. The first-order valence-electron chi connectivity index (χ1n) is 4.60. The molecule has 0 aromatic rings. The maximum atomic E-state index is 5.84. The molecular weight excluding hydrogens is 136 g/mol. The molecule has 66 valence electrons. The fourth-order valence-electron chi connectivity index (χ4n) is 1.14. The molecule has 3 N–H and O–H groups in total. The fraction of sp³-hybridized carbons (Fsp3) is 1.00. The second-order valence-corrected chi connectivity index (χ2v) is 4.32. The third kappa shape index (κ3) is 5.22. The highest BCUT2D eigenvalue weighted by atomic mass is 14.9. The van der Waals surface area contributed by atoms with Gasteiger partial charge < -0.3 is 11.1 Å². The molecule has 0 heterocycles. The standard InChI is InChI=1S/C9H20N2/c1-9(2,10)6-3-7-11-8-4-5-8/h8,11H,3-7,10H2,1-2H3. The molecule has 0 spiro atoms. The summed E-state index contributed by atoms with van der Waals surface area (Å²) in [6.07, 6.45) is 5.09. The molecule has 0 bridgehead atoms. The lowest BCUT2D eigenvalue weighted by Gasteiger charge is -2.17. The summed E-state index contributed by atoms with van der Waals surface area (Å²) >= 11 is 0. The molecule has 1 fully saturated rings. The van der Waals surface area contributed by atoms with Crippen molar-refractivity contribution in [3.8, 4) is 0 Å². The maximum absolute atomic E-state index is 5.84. The van der Waals surface area contributed by atoms with Crippen molar-refractivity contribution < 1.29 is 0 Å². The third-order valence-corrected chi connectivity index (χ3v) is 2.01. The molecule has 0 aliphatic heterocycles. The Labute approximate surface area is 69.5 Å². The molecule has 2 heteroatoms. The maximum Gasteiger partial charge on any atom is 0.00975 e. The van der Waals surface area contributed by atoms with Gasteiger partial charge in [-0.05, 0) is 46.1 Å². The molecule has 1 rings (SSSR count). The van der Waals surface area contributed by atoms with E-state index in [9.17, 15) is 0 Å². The zero-order chi connectivity index (χ0) is 8.32. The van der Waals surface area contributed by atoms with Crippen LogP contribution in [0.1, 0.15) is 39.5 Å². The molecule has 1 aliphatic carbocycles. The van der Waals surface area contributed by atoms with E-state index in [-0.39, 0.29) is 5.54 Å². The van der Waals surface area contributed by atoms with Gasteiger partial charge in [0.15, 0.2) is 0 Å². The number of nitrogens with one attached hydrogen (secondary N) is 1. The highest BCUT2D eigenvalue weighted by Crippen LogP contribution is 2.18. The van der Waals surface area contributed by atoms with Gasteiger partial charge >= 0.3 is 0 Å². The summed E-state index contributed by atoms with van der Waals surface area (Å²) in [5.74, 6) is 0. The number of nitrogens with two attached hydrogens (primary N) is 1. The van der Waals surface area contributed by atoms with Gasteiger partial charge in [0.05, 0.1) is 0 Å². The van der Waals surface area contributed by atoms with Crippen LogP contribution >= 0.6 is 0 Å². The van der Waals surface area contributed by atoms with E-state index in [0.29, 0.717) is 0 Å². The van der Waals surface area contributed by atoms with Crippen LogP contribution in [-0.4, -0.2) is 18.1 Å². The second-order valence-electron chi connectivity index (χ2n) is 4.32. The molecule has 2 nitrogen and oxygen atoms in total. The van der Waals surface area contributed by atoms with E-state index >= 15 is 0 Å². The Hall–Kier alpha value is -0.0800. The van der Waals surface area contributed by atoms with Crippen molar-refractivity contribution in [2.24, 2.45) is 5.73 Å². The summed E-state index contributed by atoms with van der Waals surface area (Å²) in [4.78, 5) is 0. The normalized spacial score (nSPS) is 18.8. The fourth-order valence-corrected chi connectivity index (χ4v) is 1.14. The van der Waals surface area contributed by atoms with Gasteiger partial charge in [-0.15, -0.1) is 0 Å². The van der Waals surface area contributed by atoms with Gasteiger partial charge in [0.2, 0.25) is 0 Å². The van der Waals surface area contributed by atoms with Crippen molar-refractivity contribution in [3.05, 3.63) is 0 Å². The monoisotopic (exact) mass is 156 g/mol. The molecule has 1 aliphatic rings. The molecule has 0 radical (unpaired) electrons. The Morgan fingerprint density at radius 3 is 2.55 bits per heavy atom. The first-order valence-corrected chi connectivity index (χ1v) is 4.60. The van der Waals surface area contributed by atoms with Gasteiger partial charge in [0.1, 0.15) is 0 Å². The van der Waals surface area contributed by atoms with Gasteiger partial charge in [-0.25, -0.2) is 0 Å². The Morgan fingerprint density at radius 2 is 2.09 bits per heavy atom. The van der Waals surface area contributed by atoms with Crippen LogP contribution in [0.15, 0.2) is 0 Å². The average molecular weight is 156 g/mol. The molecule has 1 saturated carbocycles. The van der Waals surface area contributed by atoms with Gasteiger partial charge in [0.25, 0.3) is 0 Å². The van der Waals surface area contributed by atoms with E-state index in [1.807, 2.05) is 0 Å². The van der Waals surface area contributed by atoms with Crippen LogP contribution in [0.2, 0.25) is 0 Å². The van der Waals surface area contributed by atoms with Gasteiger partial charge in [-0.3, -0.25) is 0 Å². The van der Waals surface area contributed by atoms with E-state index in [0.717, 1.165) is 19.0 Å². The zero-order valence-corrected chi connectivity index (χ0v) is 7.69. The summed E-state index contributed by atoms with van der Waals surface area (Å²) in [5.41, 5.74) is 5.86. The van der Waals surface area contributed by atoms with Crippen molar-refractivity contribution in [3.63, 3.8) is 0 Å². The summed E-state index contributed by atoms with van der Waals surface area (Å²) < 4.78 is 0. The number of hydrogen-bond acceptors (Lipinski definition) is 2. The van der Waals surface area contributed by atoms with E-state index in [1.54, 1.807) is 0 Å². The van der Waals surface area contributed by atoms with E-state index in [1.165, 1.54) is 19.3 Å². The van der Waals surface area contributed by atoms with Gasteiger partial charge in [-0.2, -0.15) is 0 Å². The van der Waals surface area contributed by atoms with Crippen molar-refractivity contribution in [1.29, 1.82) is 0 Å². The predicted molar refractivity (Wildman–Crippen MR) is 48.5 cm³/mol. The zero-order valence-electron chi connectivity index (χ0n) is 7.69. The lowest BCUT2D eigenvalue weighted by molar-refractivity contribution is 0.448. The SMILES string of the molecule is CC(C)(N)CCCNC1CC1. The summed E-state index contributed by atoms with van der Waals surface area (Å²) in [5, 5.41) is 3.47.